The van der Waals surface area contributed by atoms with Crippen molar-refractivity contribution in [1.29, 1.82) is 0 Å². The van der Waals surface area contributed by atoms with Crippen molar-refractivity contribution >= 4 is 28.3 Å². The van der Waals surface area contributed by atoms with Gasteiger partial charge in [-0.1, -0.05) is 48.0 Å². The Balaban J connectivity index is 1.74. The quantitative estimate of drug-likeness (QED) is 0.602. The lowest BCUT2D eigenvalue weighted by atomic mass is 9.76. The number of nitrogens with one attached hydrogen (secondary N) is 1. The lowest BCUT2D eigenvalue weighted by Gasteiger charge is -2.41. The molecule has 1 heterocycles. The summed E-state index contributed by atoms with van der Waals surface area (Å²) in [7, 11) is 0. The van der Waals surface area contributed by atoms with E-state index in [1.165, 1.54) is 18.3 Å². The molecule has 1 amide bonds. The first-order valence-electron chi connectivity index (χ1n) is 9.84. The van der Waals surface area contributed by atoms with Crippen LogP contribution in [0.5, 0.6) is 0 Å². The minimum atomic E-state index is -1.46. The number of aliphatic hydroxyl groups is 1. The third-order valence-corrected chi connectivity index (χ3v) is 6.17. The Bertz CT molecular complexity index is 1080. The van der Waals surface area contributed by atoms with Crippen molar-refractivity contribution in [3.63, 3.8) is 0 Å². The fourth-order valence-corrected chi connectivity index (χ4v) is 4.35. The second kappa shape index (κ2) is 8.28. The van der Waals surface area contributed by atoms with Crippen molar-refractivity contribution in [3.8, 4) is 0 Å². The van der Waals surface area contributed by atoms with Crippen LogP contribution in [0, 0.1) is 5.82 Å². The molecule has 30 heavy (non-hydrogen) atoms. The van der Waals surface area contributed by atoms with Crippen LogP contribution in [0.1, 0.15) is 47.8 Å². The summed E-state index contributed by atoms with van der Waals surface area (Å²) < 4.78 is 27.9. The maximum Gasteiger partial charge on any atom is 0.271 e. The zero-order valence-electron chi connectivity index (χ0n) is 16.1. The van der Waals surface area contributed by atoms with Gasteiger partial charge in [-0.15, -0.1) is 0 Å². The van der Waals surface area contributed by atoms with Crippen LogP contribution in [0.25, 0.3) is 10.8 Å². The minimum Gasteiger partial charge on any atom is -0.387 e. The summed E-state index contributed by atoms with van der Waals surface area (Å²) in [5.74, 6) is -1.17. The van der Waals surface area contributed by atoms with E-state index in [-0.39, 0.29) is 42.0 Å². The van der Waals surface area contributed by atoms with Gasteiger partial charge in [-0.25, -0.2) is 8.78 Å². The molecule has 1 aliphatic rings. The largest absolute Gasteiger partial charge is 0.387 e. The van der Waals surface area contributed by atoms with Crippen LogP contribution in [-0.4, -0.2) is 27.8 Å². The molecule has 0 aliphatic heterocycles. The van der Waals surface area contributed by atoms with Gasteiger partial charge < -0.3 is 10.4 Å². The molecule has 1 atom stereocenters. The van der Waals surface area contributed by atoms with Crippen LogP contribution in [0.15, 0.2) is 54.7 Å². The summed E-state index contributed by atoms with van der Waals surface area (Å²) in [6, 6.07) is 12.3. The topological polar surface area (TPSA) is 62.2 Å². The number of rotatable bonds is 4. The van der Waals surface area contributed by atoms with Gasteiger partial charge in [-0.05, 0) is 48.8 Å². The average Bonchev–Trinajstić information content (AvgIpc) is 2.76. The first kappa shape index (κ1) is 20.7. The summed E-state index contributed by atoms with van der Waals surface area (Å²) in [4.78, 5) is 17.4. The van der Waals surface area contributed by atoms with Gasteiger partial charge >= 0.3 is 0 Å². The molecule has 4 nitrogen and oxygen atoms in total. The Kier molecular flexibility index (Phi) is 5.71. The third kappa shape index (κ3) is 3.89. The van der Waals surface area contributed by atoms with Gasteiger partial charge in [-0.3, -0.25) is 9.78 Å². The SMILES string of the molecule is O=C(NC(c1cccc(F)c1Cl)[C@]1(O)CC[C@@H](F)CC1)c1nccc2ccccc12. The highest BCUT2D eigenvalue weighted by Gasteiger charge is 2.43. The van der Waals surface area contributed by atoms with Gasteiger partial charge in [0.1, 0.15) is 17.7 Å². The molecular formula is C23H21ClF2N2O2. The van der Waals surface area contributed by atoms with E-state index in [0.29, 0.717) is 5.39 Å². The van der Waals surface area contributed by atoms with Crippen molar-refractivity contribution < 1.29 is 18.7 Å². The van der Waals surface area contributed by atoms with Crippen LogP contribution >= 0.6 is 11.6 Å². The first-order chi connectivity index (χ1) is 14.4. The Morgan fingerprint density at radius 1 is 1.17 bits per heavy atom. The number of amides is 1. The molecule has 2 N–H and O–H groups in total. The first-order valence-corrected chi connectivity index (χ1v) is 10.2. The zero-order valence-corrected chi connectivity index (χ0v) is 16.9. The van der Waals surface area contributed by atoms with E-state index in [1.54, 1.807) is 24.3 Å². The highest BCUT2D eigenvalue weighted by Crippen LogP contribution is 2.42. The van der Waals surface area contributed by atoms with Crippen molar-refractivity contribution in [2.45, 2.75) is 43.5 Å². The van der Waals surface area contributed by atoms with E-state index >= 15 is 0 Å². The molecule has 1 saturated carbocycles. The van der Waals surface area contributed by atoms with Crippen LogP contribution in [0.3, 0.4) is 0 Å². The van der Waals surface area contributed by atoms with E-state index in [4.69, 9.17) is 11.6 Å². The van der Waals surface area contributed by atoms with Gasteiger partial charge in [0.25, 0.3) is 5.91 Å². The summed E-state index contributed by atoms with van der Waals surface area (Å²) in [6.07, 6.45) is 1.07. The number of nitrogens with zero attached hydrogens (tertiary/aromatic N) is 1. The number of hydrogen-bond acceptors (Lipinski definition) is 3. The van der Waals surface area contributed by atoms with Gasteiger partial charge in [0.2, 0.25) is 0 Å². The van der Waals surface area contributed by atoms with Crippen molar-refractivity contribution in [3.05, 3.63) is 76.8 Å². The van der Waals surface area contributed by atoms with Gasteiger partial charge in [-0.2, -0.15) is 0 Å². The number of alkyl halides is 1. The lowest BCUT2D eigenvalue weighted by molar-refractivity contribution is -0.0446. The molecule has 0 radical (unpaired) electrons. The highest BCUT2D eigenvalue weighted by molar-refractivity contribution is 6.31. The standard InChI is InChI=1S/C23H21ClF2N2O2/c24-19-17(6-3-7-18(19)26)21(23(30)11-8-15(25)9-12-23)28-22(29)20-16-5-2-1-4-14(16)10-13-27-20/h1-7,10,13,15,21,30H,8-9,11-12H2,(H,28,29)/t15-,21?,23+. The second-order valence-corrected chi connectivity index (χ2v) is 8.09. The molecule has 1 aromatic heterocycles. The van der Waals surface area contributed by atoms with E-state index < -0.39 is 29.5 Å². The predicted molar refractivity (Wildman–Crippen MR) is 112 cm³/mol. The van der Waals surface area contributed by atoms with Crippen LogP contribution in [-0.2, 0) is 0 Å². The molecule has 0 spiro atoms. The number of benzene rings is 2. The lowest BCUT2D eigenvalue weighted by Crippen LogP contribution is -2.48. The zero-order chi connectivity index (χ0) is 21.3. The van der Waals surface area contributed by atoms with E-state index in [9.17, 15) is 18.7 Å². The number of carbonyl (C=O) groups is 1. The van der Waals surface area contributed by atoms with E-state index in [1.807, 2.05) is 12.1 Å². The summed E-state index contributed by atoms with van der Waals surface area (Å²) >= 11 is 6.20. The van der Waals surface area contributed by atoms with Crippen LogP contribution in [0.2, 0.25) is 5.02 Å². The summed E-state index contributed by atoms with van der Waals surface area (Å²) in [6.45, 7) is 0. The fraction of sp³-hybridized carbons (Fsp3) is 0.304. The summed E-state index contributed by atoms with van der Waals surface area (Å²) in [5.41, 5.74) is -1.02. The van der Waals surface area contributed by atoms with Crippen molar-refractivity contribution in [2.75, 3.05) is 0 Å². The molecule has 156 valence electrons. The Morgan fingerprint density at radius 3 is 2.67 bits per heavy atom. The smallest absolute Gasteiger partial charge is 0.271 e. The molecule has 7 heteroatoms. The molecule has 0 bridgehead atoms. The maximum absolute atomic E-state index is 14.2. The van der Waals surface area contributed by atoms with E-state index in [0.717, 1.165) is 5.39 Å². The molecule has 4 rings (SSSR count). The highest BCUT2D eigenvalue weighted by atomic mass is 35.5. The summed E-state index contributed by atoms with van der Waals surface area (Å²) in [5, 5.41) is 15.5. The normalized spacial score (nSPS) is 22.6. The molecule has 1 unspecified atom stereocenters. The van der Waals surface area contributed by atoms with Gasteiger partial charge in [0.15, 0.2) is 0 Å². The third-order valence-electron chi connectivity index (χ3n) is 5.77. The Hall–Kier alpha value is -2.57. The molecule has 1 aliphatic carbocycles. The monoisotopic (exact) mass is 430 g/mol. The van der Waals surface area contributed by atoms with Gasteiger partial charge in [0.05, 0.1) is 16.7 Å². The fourth-order valence-electron chi connectivity index (χ4n) is 4.12. The second-order valence-electron chi connectivity index (χ2n) is 7.71. The maximum atomic E-state index is 14.2. The molecule has 2 aromatic carbocycles. The minimum absolute atomic E-state index is 0.120. The number of carbonyl (C=O) groups excluding carboxylic acids is 1. The molecular weight excluding hydrogens is 410 g/mol. The Morgan fingerprint density at radius 2 is 1.90 bits per heavy atom. The van der Waals surface area contributed by atoms with Crippen LogP contribution in [0.4, 0.5) is 8.78 Å². The van der Waals surface area contributed by atoms with Gasteiger partial charge in [0, 0.05) is 11.6 Å². The number of halogens is 3. The molecule has 3 aromatic rings. The molecule has 1 fully saturated rings. The number of fused-ring (bicyclic) bond motifs is 1. The number of hydrogen-bond donors (Lipinski definition) is 2. The predicted octanol–water partition coefficient (Wildman–Crippen LogP) is 5.14. The average molecular weight is 431 g/mol. The number of pyridine rings is 1. The van der Waals surface area contributed by atoms with Crippen molar-refractivity contribution in [2.24, 2.45) is 0 Å². The Labute approximate surface area is 177 Å². The van der Waals surface area contributed by atoms with Crippen LogP contribution < -0.4 is 5.32 Å². The van der Waals surface area contributed by atoms with Crippen molar-refractivity contribution in [1.82, 2.24) is 10.3 Å². The molecule has 0 saturated heterocycles. The number of aromatic nitrogens is 1. The van der Waals surface area contributed by atoms with E-state index in [2.05, 4.69) is 10.3 Å².